The Balaban J connectivity index is 0.00000128. The highest BCUT2D eigenvalue weighted by Crippen LogP contribution is 2.29. The zero-order valence-corrected chi connectivity index (χ0v) is 12.3. The lowest BCUT2D eigenvalue weighted by atomic mass is 10.0. The Labute approximate surface area is 118 Å². The highest BCUT2D eigenvalue weighted by molar-refractivity contribution is 9.10. The van der Waals surface area contributed by atoms with Gasteiger partial charge in [-0.3, -0.25) is 0 Å². The first kappa shape index (κ1) is 13.6. The topological polar surface area (TPSA) is 26.0 Å². The Morgan fingerprint density at radius 1 is 0.812 bits per heavy atom. The second kappa shape index (κ2) is 5.71. The Bertz CT molecular complexity index is 483. The molecule has 0 fully saturated rings. The molecular weight excluding hydrogens is 353 g/mol. The molecule has 0 saturated carbocycles. The van der Waals surface area contributed by atoms with Gasteiger partial charge in [-0.15, -0.1) is 12.4 Å². The Morgan fingerprint density at radius 3 is 1.94 bits per heavy atom. The monoisotopic (exact) mass is 361 g/mol. The third-order valence-corrected chi connectivity index (χ3v) is 3.19. The fourth-order valence-corrected chi connectivity index (χ4v) is 2.07. The van der Waals surface area contributed by atoms with E-state index in [2.05, 4.69) is 31.9 Å². The predicted octanol–water partition coefficient (Wildman–Crippen LogP) is 4.88. The van der Waals surface area contributed by atoms with Crippen LogP contribution < -0.4 is 5.73 Å². The van der Waals surface area contributed by atoms with Crippen molar-refractivity contribution in [2.75, 3.05) is 5.73 Å². The van der Waals surface area contributed by atoms with E-state index in [-0.39, 0.29) is 12.4 Å². The normalized spacial score (nSPS) is 9.62. The Morgan fingerprint density at radius 2 is 1.38 bits per heavy atom. The molecule has 2 aromatic carbocycles. The molecule has 2 rings (SSSR count). The molecule has 0 radical (unpaired) electrons. The summed E-state index contributed by atoms with van der Waals surface area (Å²) in [6, 6.07) is 14.0. The molecule has 0 aromatic heterocycles. The summed E-state index contributed by atoms with van der Waals surface area (Å²) in [6.45, 7) is 0. The lowest BCUT2D eigenvalue weighted by Gasteiger charge is -2.06. The number of anilines is 1. The zero-order valence-electron chi connectivity index (χ0n) is 8.28. The van der Waals surface area contributed by atoms with Gasteiger partial charge in [-0.05, 0) is 29.8 Å². The van der Waals surface area contributed by atoms with E-state index in [1.165, 1.54) is 0 Å². The highest BCUT2D eigenvalue weighted by Gasteiger charge is 2.02. The van der Waals surface area contributed by atoms with E-state index in [0.29, 0.717) is 0 Å². The molecule has 0 spiro atoms. The second-order valence-electron chi connectivity index (χ2n) is 3.24. The van der Waals surface area contributed by atoms with E-state index in [1.54, 1.807) is 0 Å². The van der Waals surface area contributed by atoms with Crippen molar-refractivity contribution in [3.8, 4) is 11.1 Å². The Hall–Kier alpha value is -0.510. The van der Waals surface area contributed by atoms with Crippen molar-refractivity contribution in [2.24, 2.45) is 0 Å². The van der Waals surface area contributed by atoms with Crippen LogP contribution in [0.5, 0.6) is 0 Å². The number of hydrogen-bond donors (Lipinski definition) is 1. The van der Waals surface area contributed by atoms with Gasteiger partial charge in [0.05, 0.1) is 0 Å². The summed E-state index contributed by atoms with van der Waals surface area (Å²) in [5.74, 6) is 0. The molecule has 0 atom stereocenters. The van der Waals surface area contributed by atoms with Gasteiger partial charge in [0.1, 0.15) is 0 Å². The Kier molecular flexibility index (Phi) is 4.84. The van der Waals surface area contributed by atoms with Crippen LogP contribution in [0.3, 0.4) is 0 Å². The van der Waals surface area contributed by atoms with E-state index in [0.717, 1.165) is 25.8 Å². The van der Waals surface area contributed by atoms with Crippen LogP contribution in [-0.2, 0) is 0 Å². The summed E-state index contributed by atoms with van der Waals surface area (Å²) >= 11 is 6.80. The summed E-state index contributed by atoms with van der Waals surface area (Å²) in [5.41, 5.74) is 8.92. The third-order valence-electron chi connectivity index (χ3n) is 2.17. The molecule has 0 aliphatic heterocycles. The predicted molar refractivity (Wildman–Crippen MR) is 78.9 cm³/mol. The fraction of sp³-hybridized carbons (Fsp3) is 0. The van der Waals surface area contributed by atoms with Crippen LogP contribution in [0.15, 0.2) is 51.4 Å². The number of halogens is 3. The van der Waals surface area contributed by atoms with E-state index >= 15 is 0 Å². The lowest BCUT2D eigenvalue weighted by molar-refractivity contribution is 1.57. The van der Waals surface area contributed by atoms with Crippen molar-refractivity contribution in [3.05, 3.63) is 51.4 Å². The number of rotatable bonds is 1. The number of nitrogens with two attached hydrogens (primary N) is 1. The first-order valence-electron chi connectivity index (χ1n) is 4.48. The van der Waals surface area contributed by atoms with Gasteiger partial charge in [0.2, 0.25) is 0 Å². The molecular formula is C12H10Br2ClN. The number of hydrogen-bond acceptors (Lipinski definition) is 1. The molecule has 0 aliphatic carbocycles. The molecule has 16 heavy (non-hydrogen) atoms. The van der Waals surface area contributed by atoms with Gasteiger partial charge < -0.3 is 5.73 Å². The maximum absolute atomic E-state index is 5.95. The van der Waals surface area contributed by atoms with Crippen LogP contribution in [0.25, 0.3) is 11.1 Å². The average molecular weight is 363 g/mol. The summed E-state index contributed by atoms with van der Waals surface area (Å²) < 4.78 is 2.07. The summed E-state index contributed by atoms with van der Waals surface area (Å²) in [6.07, 6.45) is 0. The van der Waals surface area contributed by atoms with Gasteiger partial charge in [0.15, 0.2) is 0 Å². The van der Waals surface area contributed by atoms with Crippen molar-refractivity contribution in [3.63, 3.8) is 0 Å². The molecule has 0 unspecified atom stereocenters. The van der Waals surface area contributed by atoms with E-state index in [4.69, 9.17) is 5.73 Å². The van der Waals surface area contributed by atoms with Crippen LogP contribution >= 0.6 is 44.3 Å². The van der Waals surface area contributed by atoms with Crippen LogP contribution in [0.2, 0.25) is 0 Å². The highest BCUT2D eigenvalue weighted by atomic mass is 79.9. The summed E-state index contributed by atoms with van der Waals surface area (Å²) in [4.78, 5) is 0. The molecule has 2 N–H and O–H groups in total. The van der Waals surface area contributed by atoms with Gasteiger partial charge in [0, 0.05) is 20.2 Å². The lowest BCUT2D eigenvalue weighted by Crippen LogP contribution is -1.89. The first-order valence-corrected chi connectivity index (χ1v) is 6.06. The van der Waals surface area contributed by atoms with Crippen LogP contribution in [0.1, 0.15) is 0 Å². The van der Waals surface area contributed by atoms with Crippen molar-refractivity contribution < 1.29 is 0 Å². The van der Waals surface area contributed by atoms with Gasteiger partial charge in [-0.1, -0.05) is 50.1 Å². The molecule has 4 heteroatoms. The van der Waals surface area contributed by atoms with Gasteiger partial charge in [0.25, 0.3) is 0 Å². The largest absolute Gasteiger partial charge is 0.398 e. The van der Waals surface area contributed by atoms with Crippen LogP contribution in [-0.4, -0.2) is 0 Å². The minimum atomic E-state index is 0. The molecule has 1 nitrogen and oxygen atoms in total. The average Bonchev–Trinajstić information content (AvgIpc) is 2.20. The van der Waals surface area contributed by atoms with Crippen molar-refractivity contribution >= 4 is 50.0 Å². The molecule has 0 saturated heterocycles. The molecule has 0 aliphatic rings. The van der Waals surface area contributed by atoms with Crippen LogP contribution in [0.4, 0.5) is 5.69 Å². The smallest absolute Gasteiger partial charge is 0.0405 e. The molecule has 84 valence electrons. The fourth-order valence-electron chi connectivity index (χ4n) is 1.43. The summed E-state index contributed by atoms with van der Waals surface area (Å²) in [5, 5.41) is 0. The van der Waals surface area contributed by atoms with Crippen molar-refractivity contribution in [1.29, 1.82) is 0 Å². The molecule has 2 aromatic rings. The molecule has 0 amide bonds. The van der Waals surface area contributed by atoms with Crippen molar-refractivity contribution in [2.45, 2.75) is 0 Å². The van der Waals surface area contributed by atoms with E-state index in [9.17, 15) is 0 Å². The quantitative estimate of drug-likeness (QED) is 0.718. The van der Waals surface area contributed by atoms with Crippen LogP contribution in [0, 0.1) is 0 Å². The maximum atomic E-state index is 5.95. The second-order valence-corrected chi connectivity index (χ2v) is 5.07. The maximum Gasteiger partial charge on any atom is 0.0405 e. The van der Waals surface area contributed by atoms with Gasteiger partial charge in [-0.2, -0.15) is 0 Å². The third kappa shape index (κ3) is 3.00. The van der Waals surface area contributed by atoms with E-state index < -0.39 is 0 Å². The first-order chi connectivity index (χ1) is 7.16. The van der Waals surface area contributed by atoms with Gasteiger partial charge in [-0.25, -0.2) is 0 Å². The number of nitrogen functional groups attached to an aromatic ring is 1. The van der Waals surface area contributed by atoms with Gasteiger partial charge >= 0.3 is 0 Å². The summed E-state index contributed by atoms with van der Waals surface area (Å²) in [7, 11) is 0. The standard InChI is InChI=1S/C12H9Br2N.ClH/c13-9-3-1-8(2-4-9)11-6-5-10(14)7-12(11)15;/h1-7H,15H2;1H. The minimum Gasteiger partial charge on any atom is -0.398 e. The number of benzene rings is 2. The zero-order chi connectivity index (χ0) is 10.8. The SMILES string of the molecule is Cl.Nc1cc(Br)ccc1-c1ccc(Br)cc1. The van der Waals surface area contributed by atoms with E-state index in [1.807, 2.05) is 42.5 Å². The molecule has 0 heterocycles. The molecule has 0 bridgehead atoms. The van der Waals surface area contributed by atoms with Crippen molar-refractivity contribution in [1.82, 2.24) is 0 Å². The minimum absolute atomic E-state index is 0.